The highest BCUT2D eigenvalue weighted by Crippen LogP contribution is 2.19. The summed E-state index contributed by atoms with van der Waals surface area (Å²) in [6, 6.07) is 6.74. The lowest BCUT2D eigenvalue weighted by molar-refractivity contribution is 0.109. The monoisotopic (exact) mass is 363 g/mol. The lowest BCUT2D eigenvalue weighted by atomic mass is 9.97. The molecule has 2 unspecified atom stereocenters. The van der Waals surface area contributed by atoms with Gasteiger partial charge < -0.3 is 10.5 Å². The van der Waals surface area contributed by atoms with Gasteiger partial charge in [0.05, 0.1) is 4.90 Å². The summed E-state index contributed by atoms with van der Waals surface area (Å²) in [4.78, 5) is 2.47. The minimum Gasteiger partial charge on any atom is -0.492 e. The minimum atomic E-state index is -3.65. The Bertz CT molecular complexity index is 578. The van der Waals surface area contributed by atoms with Gasteiger partial charge in [-0.1, -0.05) is 6.42 Å². The number of halogens is 1. The summed E-state index contributed by atoms with van der Waals surface area (Å²) in [6.07, 6.45) is 3.57. The second kappa shape index (κ2) is 8.84. The first-order valence-corrected chi connectivity index (χ1v) is 9.18. The number of hydrogen-bond acceptors (Lipinski definition) is 5. The van der Waals surface area contributed by atoms with Crippen LogP contribution < -0.4 is 15.6 Å². The van der Waals surface area contributed by atoms with E-state index in [1.54, 1.807) is 12.1 Å². The van der Waals surface area contributed by atoms with Crippen LogP contribution in [0.25, 0.3) is 0 Å². The SMILES string of the molecule is CC(N)C1CCCCN1CCOc1ccc(S(N)(=O)=O)cc1.Cl. The summed E-state index contributed by atoms with van der Waals surface area (Å²) < 4.78 is 28.1. The molecule has 2 atom stereocenters. The van der Waals surface area contributed by atoms with Crippen molar-refractivity contribution >= 4 is 22.4 Å². The zero-order valence-electron chi connectivity index (χ0n) is 13.3. The number of hydrogen-bond donors (Lipinski definition) is 2. The molecule has 1 fully saturated rings. The van der Waals surface area contributed by atoms with Gasteiger partial charge in [-0.2, -0.15) is 0 Å². The third kappa shape index (κ3) is 5.93. The van der Waals surface area contributed by atoms with Crippen LogP contribution in [-0.2, 0) is 10.0 Å². The van der Waals surface area contributed by atoms with E-state index in [0.717, 1.165) is 19.5 Å². The van der Waals surface area contributed by atoms with E-state index in [1.807, 2.05) is 0 Å². The summed E-state index contributed by atoms with van der Waals surface area (Å²) in [7, 11) is -3.65. The Morgan fingerprint density at radius 2 is 1.96 bits per heavy atom. The van der Waals surface area contributed by atoms with E-state index in [-0.39, 0.29) is 23.3 Å². The van der Waals surface area contributed by atoms with Gasteiger partial charge in [-0.25, -0.2) is 13.6 Å². The van der Waals surface area contributed by atoms with Gasteiger partial charge in [-0.15, -0.1) is 12.4 Å². The Kier molecular flexibility index (Phi) is 7.76. The summed E-state index contributed by atoms with van der Waals surface area (Å²) >= 11 is 0. The first-order valence-electron chi connectivity index (χ1n) is 7.63. The molecule has 6 nitrogen and oxygen atoms in total. The zero-order chi connectivity index (χ0) is 16.2. The van der Waals surface area contributed by atoms with E-state index in [4.69, 9.17) is 15.6 Å². The predicted octanol–water partition coefficient (Wildman–Crippen LogP) is 1.34. The molecule has 1 aromatic carbocycles. The van der Waals surface area contributed by atoms with Crippen molar-refractivity contribution in [1.82, 2.24) is 4.90 Å². The molecule has 0 aromatic heterocycles. The molecule has 2 rings (SSSR count). The molecule has 0 saturated carbocycles. The number of nitrogens with two attached hydrogens (primary N) is 2. The van der Waals surface area contributed by atoms with Crippen LogP contribution in [-0.4, -0.2) is 45.1 Å². The van der Waals surface area contributed by atoms with Gasteiger partial charge in [0.15, 0.2) is 0 Å². The van der Waals surface area contributed by atoms with Crippen LogP contribution in [0.5, 0.6) is 5.75 Å². The highest BCUT2D eigenvalue weighted by atomic mass is 35.5. The van der Waals surface area contributed by atoms with Crippen LogP contribution in [0.3, 0.4) is 0 Å². The van der Waals surface area contributed by atoms with Crippen molar-refractivity contribution in [3.63, 3.8) is 0 Å². The number of primary sulfonamides is 1. The van der Waals surface area contributed by atoms with E-state index >= 15 is 0 Å². The summed E-state index contributed by atoms with van der Waals surface area (Å²) in [6.45, 7) is 4.48. The maximum Gasteiger partial charge on any atom is 0.238 e. The average Bonchev–Trinajstić information content (AvgIpc) is 2.47. The average molecular weight is 364 g/mol. The molecule has 132 valence electrons. The molecule has 0 amide bonds. The van der Waals surface area contributed by atoms with Crippen molar-refractivity contribution < 1.29 is 13.2 Å². The number of nitrogens with zero attached hydrogens (tertiary/aromatic N) is 1. The summed E-state index contributed by atoms with van der Waals surface area (Å²) in [5.74, 6) is 0.641. The molecule has 0 aliphatic carbocycles. The standard InChI is InChI=1S/C15H25N3O3S.ClH/c1-12(16)15-4-2-3-9-18(15)10-11-21-13-5-7-14(8-6-13)22(17,19)20;/h5-8,12,15H,2-4,9-11,16H2,1H3,(H2,17,19,20);1H. The Hall–Kier alpha value is -0.860. The highest BCUT2D eigenvalue weighted by Gasteiger charge is 2.24. The van der Waals surface area contributed by atoms with Crippen molar-refractivity contribution in [2.45, 2.75) is 43.2 Å². The van der Waals surface area contributed by atoms with Crippen molar-refractivity contribution in [3.8, 4) is 5.75 Å². The van der Waals surface area contributed by atoms with Crippen LogP contribution >= 0.6 is 12.4 Å². The Morgan fingerprint density at radius 1 is 1.30 bits per heavy atom. The molecule has 23 heavy (non-hydrogen) atoms. The van der Waals surface area contributed by atoms with Crippen LogP contribution in [0.2, 0.25) is 0 Å². The summed E-state index contributed by atoms with van der Waals surface area (Å²) in [5, 5.41) is 5.06. The molecule has 8 heteroatoms. The lowest BCUT2D eigenvalue weighted by Gasteiger charge is -2.37. The van der Waals surface area contributed by atoms with Crippen molar-refractivity contribution in [3.05, 3.63) is 24.3 Å². The number of ether oxygens (including phenoxy) is 1. The Morgan fingerprint density at radius 3 is 2.52 bits per heavy atom. The van der Waals surface area contributed by atoms with Gasteiger partial charge in [0.2, 0.25) is 10.0 Å². The fourth-order valence-corrected chi connectivity index (χ4v) is 3.41. The molecule has 4 N–H and O–H groups in total. The second-order valence-electron chi connectivity index (χ2n) is 5.82. The van der Waals surface area contributed by atoms with Crippen LogP contribution in [0.1, 0.15) is 26.2 Å². The molecular weight excluding hydrogens is 338 g/mol. The minimum absolute atomic E-state index is 0. The topological polar surface area (TPSA) is 98.6 Å². The van der Waals surface area contributed by atoms with Gasteiger partial charge in [0, 0.05) is 18.6 Å². The van der Waals surface area contributed by atoms with Gasteiger partial charge in [-0.05, 0) is 50.6 Å². The number of benzene rings is 1. The van der Waals surface area contributed by atoms with Crippen molar-refractivity contribution in [2.75, 3.05) is 19.7 Å². The number of piperidine rings is 1. The van der Waals surface area contributed by atoms with Crippen molar-refractivity contribution in [2.24, 2.45) is 10.9 Å². The molecular formula is C15H26ClN3O3S. The molecule has 1 aliphatic heterocycles. The molecule has 1 saturated heterocycles. The van der Waals surface area contributed by atoms with Gasteiger partial charge in [-0.3, -0.25) is 4.90 Å². The molecule has 0 bridgehead atoms. The van der Waals surface area contributed by atoms with Crippen molar-refractivity contribution in [1.29, 1.82) is 0 Å². The van der Waals surface area contributed by atoms with E-state index in [2.05, 4.69) is 11.8 Å². The lowest BCUT2D eigenvalue weighted by Crippen LogP contribution is -2.50. The Labute approximate surface area is 144 Å². The third-order valence-electron chi connectivity index (χ3n) is 4.07. The predicted molar refractivity (Wildman–Crippen MR) is 93.4 cm³/mol. The maximum absolute atomic E-state index is 11.2. The number of sulfonamides is 1. The fourth-order valence-electron chi connectivity index (χ4n) is 2.90. The van der Waals surface area contributed by atoms with E-state index in [9.17, 15) is 8.42 Å². The molecule has 0 radical (unpaired) electrons. The van der Waals surface area contributed by atoms with E-state index in [1.165, 1.54) is 25.0 Å². The quantitative estimate of drug-likeness (QED) is 0.794. The maximum atomic E-state index is 11.2. The van der Waals surface area contributed by atoms with Crippen LogP contribution in [0, 0.1) is 0 Å². The first kappa shape index (κ1) is 20.2. The molecule has 1 heterocycles. The molecule has 0 spiro atoms. The summed E-state index contributed by atoms with van der Waals surface area (Å²) in [5.41, 5.74) is 6.05. The van der Waals surface area contributed by atoms with Gasteiger partial charge in [0.1, 0.15) is 12.4 Å². The normalized spacial score (nSPS) is 20.6. The first-order chi connectivity index (χ1) is 10.4. The third-order valence-corrected chi connectivity index (χ3v) is 5.00. The molecule has 1 aromatic rings. The van der Waals surface area contributed by atoms with Gasteiger partial charge >= 0.3 is 0 Å². The Balaban J connectivity index is 0.00000264. The van der Waals surface area contributed by atoms with E-state index < -0.39 is 10.0 Å². The van der Waals surface area contributed by atoms with Gasteiger partial charge in [0.25, 0.3) is 0 Å². The van der Waals surface area contributed by atoms with Crippen LogP contribution in [0.4, 0.5) is 0 Å². The smallest absolute Gasteiger partial charge is 0.238 e. The number of rotatable bonds is 6. The largest absolute Gasteiger partial charge is 0.492 e. The zero-order valence-corrected chi connectivity index (χ0v) is 15.0. The number of likely N-dealkylation sites (tertiary alicyclic amines) is 1. The van der Waals surface area contributed by atoms with Crippen LogP contribution in [0.15, 0.2) is 29.2 Å². The molecule has 1 aliphatic rings. The highest BCUT2D eigenvalue weighted by molar-refractivity contribution is 7.89. The fraction of sp³-hybridized carbons (Fsp3) is 0.600. The van der Waals surface area contributed by atoms with E-state index in [0.29, 0.717) is 18.4 Å². The second-order valence-corrected chi connectivity index (χ2v) is 7.38.